The third kappa shape index (κ3) is 4.97. The number of carbonyl (C=O) groups excluding carboxylic acids is 2. The van der Waals surface area contributed by atoms with Gasteiger partial charge >= 0.3 is 0 Å². The summed E-state index contributed by atoms with van der Waals surface area (Å²) in [5.41, 5.74) is 3.20. The number of nitrogens with one attached hydrogen (secondary N) is 1. The first-order chi connectivity index (χ1) is 13.9. The molecule has 2 aromatic rings. The van der Waals surface area contributed by atoms with Crippen LogP contribution in [0.3, 0.4) is 0 Å². The Kier molecular flexibility index (Phi) is 6.57. The van der Waals surface area contributed by atoms with Crippen molar-refractivity contribution in [3.63, 3.8) is 0 Å². The number of aryl methyl sites for hydroxylation is 1. The summed E-state index contributed by atoms with van der Waals surface area (Å²) in [7, 11) is 0. The van der Waals surface area contributed by atoms with Gasteiger partial charge in [-0.2, -0.15) is 0 Å². The first kappa shape index (κ1) is 20.9. The summed E-state index contributed by atoms with van der Waals surface area (Å²) in [6, 6.07) is 13.2. The lowest BCUT2D eigenvalue weighted by molar-refractivity contribution is -0.122. The van der Waals surface area contributed by atoms with Gasteiger partial charge in [-0.15, -0.1) is 0 Å². The monoisotopic (exact) mass is 394 g/mol. The minimum Gasteiger partial charge on any atom is -0.481 e. The number of carbonyl (C=O) groups is 2. The highest BCUT2D eigenvalue weighted by Gasteiger charge is 2.24. The molecule has 0 aromatic heterocycles. The van der Waals surface area contributed by atoms with E-state index in [4.69, 9.17) is 4.74 Å². The van der Waals surface area contributed by atoms with Gasteiger partial charge in [0.25, 0.3) is 11.8 Å². The van der Waals surface area contributed by atoms with Gasteiger partial charge in [0, 0.05) is 13.1 Å². The van der Waals surface area contributed by atoms with E-state index in [-0.39, 0.29) is 11.8 Å². The van der Waals surface area contributed by atoms with Gasteiger partial charge in [-0.25, -0.2) is 0 Å². The molecule has 5 nitrogen and oxygen atoms in total. The molecule has 2 amide bonds. The average molecular weight is 395 g/mol. The normalized spacial score (nSPS) is 14.7. The Labute approximate surface area is 173 Å². The first-order valence-corrected chi connectivity index (χ1v) is 10.3. The van der Waals surface area contributed by atoms with Crippen LogP contribution in [-0.2, 0) is 4.79 Å². The van der Waals surface area contributed by atoms with Crippen molar-refractivity contribution in [2.24, 2.45) is 0 Å². The van der Waals surface area contributed by atoms with Gasteiger partial charge in [0.1, 0.15) is 5.75 Å². The zero-order valence-electron chi connectivity index (χ0n) is 17.7. The lowest BCUT2D eigenvalue weighted by Gasteiger charge is -2.21. The van der Waals surface area contributed by atoms with E-state index in [2.05, 4.69) is 19.2 Å². The number of para-hydroxylation sites is 1. The summed E-state index contributed by atoms with van der Waals surface area (Å²) < 4.78 is 6.01. The van der Waals surface area contributed by atoms with Crippen molar-refractivity contribution in [2.45, 2.75) is 52.6 Å². The SMILES string of the molecule is Cc1ccc(C(C)C)c(OC(C)C(=O)Nc2ccccc2C(=O)N2CCCC2)c1. The molecule has 0 bridgehead atoms. The fourth-order valence-electron chi connectivity index (χ4n) is 3.57. The van der Waals surface area contributed by atoms with Crippen molar-refractivity contribution >= 4 is 17.5 Å². The van der Waals surface area contributed by atoms with Crippen LogP contribution in [0.25, 0.3) is 0 Å². The van der Waals surface area contributed by atoms with Crippen LogP contribution in [0.15, 0.2) is 42.5 Å². The van der Waals surface area contributed by atoms with Crippen LogP contribution < -0.4 is 10.1 Å². The lowest BCUT2D eigenvalue weighted by atomic mass is 10.0. The van der Waals surface area contributed by atoms with Gasteiger partial charge in [-0.1, -0.05) is 38.1 Å². The van der Waals surface area contributed by atoms with Crippen LogP contribution in [0.1, 0.15) is 61.0 Å². The third-order valence-corrected chi connectivity index (χ3v) is 5.27. The molecule has 1 unspecified atom stereocenters. The number of ether oxygens (including phenoxy) is 1. The number of amides is 2. The van der Waals surface area contributed by atoms with Crippen LogP contribution in [0.4, 0.5) is 5.69 Å². The van der Waals surface area contributed by atoms with Gasteiger partial charge in [0.15, 0.2) is 6.10 Å². The second-order valence-corrected chi connectivity index (χ2v) is 7.99. The van der Waals surface area contributed by atoms with Crippen molar-refractivity contribution in [3.05, 3.63) is 59.2 Å². The average Bonchev–Trinajstić information content (AvgIpc) is 3.22. The lowest BCUT2D eigenvalue weighted by Crippen LogP contribution is -2.32. The summed E-state index contributed by atoms with van der Waals surface area (Å²) in [6.07, 6.45) is 1.36. The van der Waals surface area contributed by atoms with Crippen LogP contribution in [-0.4, -0.2) is 35.9 Å². The molecule has 154 valence electrons. The highest BCUT2D eigenvalue weighted by molar-refractivity contribution is 6.04. The molecule has 1 aliphatic rings. The number of hydrogen-bond donors (Lipinski definition) is 1. The van der Waals surface area contributed by atoms with Gasteiger partial charge < -0.3 is 15.0 Å². The number of benzene rings is 2. The molecular formula is C24H30N2O3. The maximum Gasteiger partial charge on any atom is 0.265 e. The molecule has 2 aromatic carbocycles. The van der Waals surface area contributed by atoms with E-state index in [0.29, 0.717) is 17.2 Å². The molecule has 1 aliphatic heterocycles. The molecule has 0 saturated carbocycles. The maximum absolute atomic E-state index is 12.8. The van der Waals surface area contributed by atoms with E-state index >= 15 is 0 Å². The van der Waals surface area contributed by atoms with Crippen LogP contribution in [0.5, 0.6) is 5.75 Å². The molecule has 0 radical (unpaired) electrons. The smallest absolute Gasteiger partial charge is 0.265 e. The summed E-state index contributed by atoms with van der Waals surface area (Å²) >= 11 is 0. The van der Waals surface area contributed by atoms with Gasteiger partial charge in [-0.05, 0) is 61.9 Å². The van der Waals surface area contributed by atoms with E-state index < -0.39 is 6.10 Å². The van der Waals surface area contributed by atoms with Crippen molar-refractivity contribution in [3.8, 4) is 5.75 Å². The molecule has 1 fully saturated rings. The minimum atomic E-state index is -0.691. The Hall–Kier alpha value is -2.82. The molecule has 1 heterocycles. The number of rotatable bonds is 6. The van der Waals surface area contributed by atoms with E-state index in [0.717, 1.165) is 42.8 Å². The molecule has 0 spiro atoms. The highest BCUT2D eigenvalue weighted by Crippen LogP contribution is 2.28. The molecule has 1 saturated heterocycles. The standard InChI is InChI=1S/C24H30N2O3/c1-16(2)19-12-11-17(3)15-22(19)29-18(4)23(27)25-21-10-6-5-9-20(21)24(28)26-13-7-8-14-26/h5-6,9-12,15-16,18H,7-8,13-14H2,1-4H3,(H,25,27). The Morgan fingerprint density at radius 3 is 2.41 bits per heavy atom. The molecule has 29 heavy (non-hydrogen) atoms. The highest BCUT2D eigenvalue weighted by atomic mass is 16.5. The van der Waals surface area contributed by atoms with E-state index in [9.17, 15) is 9.59 Å². The fourth-order valence-corrected chi connectivity index (χ4v) is 3.57. The van der Waals surface area contributed by atoms with E-state index in [1.807, 2.05) is 42.2 Å². The summed E-state index contributed by atoms with van der Waals surface area (Å²) in [5.74, 6) is 0.708. The second kappa shape index (κ2) is 9.12. The Morgan fingerprint density at radius 2 is 1.72 bits per heavy atom. The van der Waals surface area contributed by atoms with Crippen molar-refractivity contribution in [2.75, 3.05) is 18.4 Å². The van der Waals surface area contributed by atoms with Crippen molar-refractivity contribution < 1.29 is 14.3 Å². The quantitative estimate of drug-likeness (QED) is 0.768. The largest absolute Gasteiger partial charge is 0.481 e. The Morgan fingerprint density at radius 1 is 1.03 bits per heavy atom. The number of nitrogens with zero attached hydrogens (tertiary/aromatic N) is 1. The predicted octanol–water partition coefficient (Wildman–Crippen LogP) is 4.76. The molecular weight excluding hydrogens is 364 g/mol. The topological polar surface area (TPSA) is 58.6 Å². The molecule has 5 heteroatoms. The number of likely N-dealkylation sites (tertiary alicyclic amines) is 1. The van der Waals surface area contributed by atoms with E-state index in [1.165, 1.54) is 0 Å². The zero-order valence-corrected chi connectivity index (χ0v) is 17.7. The molecule has 3 rings (SSSR count). The maximum atomic E-state index is 12.8. The van der Waals surface area contributed by atoms with Crippen molar-refractivity contribution in [1.82, 2.24) is 4.90 Å². The van der Waals surface area contributed by atoms with Crippen molar-refractivity contribution in [1.29, 1.82) is 0 Å². The Balaban J connectivity index is 1.74. The summed E-state index contributed by atoms with van der Waals surface area (Å²) in [4.78, 5) is 27.5. The molecule has 1 N–H and O–H groups in total. The van der Waals surface area contributed by atoms with Crippen LogP contribution in [0.2, 0.25) is 0 Å². The summed E-state index contributed by atoms with van der Waals surface area (Å²) in [5, 5.41) is 2.89. The first-order valence-electron chi connectivity index (χ1n) is 10.3. The second-order valence-electron chi connectivity index (χ2n) is 7.99. The summed E-state index contributed by atoms with van der Waals surface area (Å²) in [6.45, 7) is 9.47. The van der Waals surface area contributed by atoms with Crippen LogP contribution in [0, 0.1) is 6.92 Å². The zero-order chi connectivity index (χ0) is 21.0. The van der Waals surface area contributed by atoms with Crippen LogP contribution >= 0.6 is 0 Å². The van der Waals surface area contributed by atoms with Gasteiger partial charge in [-0.3, -0.25) is 9.59 Å². The number of anilines is 1. The van der Waals surface area contributed by atoms with Gasteiger partial charge in [0.2, 0.25) is 0 Å². The fraction of sp³-hybridized carbons (Fsp3) is 0.417. The Bertz CT molecular complexity index is 885. The minimum absolute atomic E-state index is 0.0345. The number of hydrogen-bond acceptors (Lipinski definition) is 3. The molecule has 1 atom stereocenters. The third-order valence-electron chi connectivity index (χ3n) is 5.27. The van der Waals surface area contributed by atoms with Gasteiger partial charge in [0.05, 0.1) is 11.3 Å². The van der Waals surface area contributed by atoms with E-state index in [1.54, 1.807) is 19.1 Å². The molecule has 0 aliphatic carbocycles. The predicted molar refractivity (Wildman–Crippen MR) is 116 cm³/mol.